The first-order chi connectivity index (χ1) is 9.80. The van der Waals surface area contributed by atoms with Gasteiger partial charge < -0.3 is 15.3 Å². The lowest BCUT2D eigenvalue weighted by Crippen LogP contribution is -2.40. The van der Waals surface area contributed by atoms with Crippen molar-refractivity contribution in [1.82, 2.24) is 10.2 Å². The van der Waals surface area contributed by atoms with E-state index in [0.29, 0.717) is 18.9 Å². The molecule has 0 spiro atoms. The third-order valence-electron chi connectivity index (χ3n) is 4.45. The Labute approximate surface area is 128 Å². The maximum atomic E-state index is 12.0. The van der Waals surface area contributed by atoms with Gasteiger partial charge in [0.05, 0.1) is 0 Å². The number of carboxylic acids is 1. The van der Waals surface area contributed by atoms with Crippen molar-refractivity contribution in [2.75, 3.05) is 20.1 Å². The van der Waals surface area contributed by atoms with E-state index in [9.17, 15) is 9.59 Å². The van der Waals surface area contributed by atoms with Gasteiger partial charge in [0.15, 0.2) is 0 Å². The van der Waals surface area contributed by atoms with E-state index in [1.54, 1.807) is 4.90 Å². The number of nitrogens with one attached hydrogen (secondary N) is 1. The molecule has 0 aliphatic heterocycles. The van der Waals surface area contributed by atoms with Crippen molar-refractivity contribution in [2.24, 2.45) is 11.3 Å². The van der Waals surface area contributed by atoms with E-state index >= 15 is 0 Å². The first kappa shape index (κ1) is 17.8. The van der Waals surface area contributed by atoms with E-state index in [2.05, 4.69) is 5.32 Å². The monoisotopic (exact) mass is 298 g/mol. The highest BCUT2D eigenvalue weighted by Crippen LogP contribution is 2.26. The van der Waals surface area contributed by atoms with Gasteiger partial charge in [-0.25, -0.2) is 4.79 Å². The Kier molecular flexibility index (Phi) is 6.99. The van der Waals surface area contributed by atoms with Crippen molar-refractivity contribution in [1.29, 1.82) is 0 Å². The number of rotatable bonds is 8. The Morgan fingerprint density at radius 3 is 2.43 bits per heavy atom. The third kappa shape index (κ3) is 7.34. The standard InChI is InChI=1S/C16H30N2O3/c1-16(2,9-8-14(19)20)10-11-17-15(21)18(3)12-13-6-4-5-7-13/h13H,4-12H2,1-3H3,(H,17,21)(H,19,20). The number of aliphatic carboxylic acids is 1. The van der Waals surface area contributed by atoms with Gasteiger partial charge >= 0.3 is 12.0 Å². The van der Waals surface area contributed by atoms with Gasteiger partial charge in [-0.1, -0.05) is 26.7 Å². The Morgan fingerprint density at radius 2 is 1.86 bits per heavy atom. The molecular formula is C16H30N2O3. The van der Waals surface area contributed by atoms with Crippen LogP contribution >= 0.6 is 0 Å². The largest absolute Gasteiger partial charge is 0.481 e. The van der Waals surface area contributed by atoms with E-state index in [1.807, 2.05) is 20.9 Å². The summed E-state index contributed by atoms with van der Waals surface area (Å²) < 4.78 is 0. The van der Waals surface area contributed by atoms with Crippen molar-refractivity contribution in [3.8, 4) is 0 Å². The summed E-state index contributed by atoms with van der Waals surface area (Å²) in [6.45, 7) is 5.53. The van der Waals surface area contributed by atoms with E-state index in [1.165, 1.54) is 25.7 Å². The maximum Gasteiger partial charge on any atom is 0.317 e. The number of hydrogen-bond acceptors (Lipinski definition) is 2. The Morgan fingerprint density at radius 1 is 1.24 bits per heavy atom. The highest BCUT2D eigenvalue weighted by Gasteiger charge is 2.21. The molecule has 1 aliphatic rings. The lowest BCUT2D eigenvalue weighted by atomic mass is 9.84. The predicted molar refractivity (Wildman–Crippen MR) is 83.3 cm³/mol. The number of carboxylic acid groups (broad SMARTS) is 1. The number of carbonyl (C=O) groups excluding carboxylic acids is 1. The summed E-state index contributed by atoms with van der Waals surface area (Å²) in [6.07, 6.45) is 6.66. The molecule has 0 bridgehead atoms. The fourth-order valence-electron chi connectivity index (χ4n) is 2.88. The van der Waals surface area contributed by atoms with E-state index in [0.717, 1.165) is 13.0 Å². The number of carbonyl (C=O) groups is 2. The van der Waals surface area contributed by atoms with Crippen LogP contribution in [0.1, 0.15) is 58.8 Å². The molecule has 2 N–H and O–H groups in total. The quantitative estimate of drug-likeness (QED) is 0.723. The van der Waals surface area contributed by atoms with Crippen LogP contribution in [-0.2, 0) is 4.79 Å². The van der Waals surface area contributed by atoms with Crippen molar-refractivity contribution in [3.63, 3.8) is 0 Å². The minimum Gasteiger partial charge on any atom is -0.481 e. The SMILES string of the molecule is CN(CC1CCCC1)C(=O)NCCC(C)(C)CCC(=O)O. The molecule has 1 rings (SSSR count). The number of hydrogen-bond donors (Lipinski definition) is 2. The van der Waals surface area contributed by atoms with Gasteiger partial charge in [-0.15, -0.1) is 0 Å². The minimum absolute atomic E-state index is 0.0177. The van der Waals surface area contributed by atoms with Crippen LogP contribution in [0, 0.1) is 11.3 Å². The summed E-state index contributed by atoms with van der Waals surface area (Å²) in [5.74, 6) is -0.101. The molecule has 0 radical (unpaired) electrons. The topological polar surface area (TPSA) is 69.6 Å². The number of urea groups is 1. The lowest BCUT2D eigenvalue weighted by molar-refractivity contribution is -0.137. The van der Waals surface area contributed by atoms with Crippen LogP contribution < -0.4 is 5.32 Å². The molecule has 1 saturated carbocycles. The summed E-state index contributed by atoms with van der Waals surface area (Å²) in [5, 5.41) is 11.7. The van der Waals surface area contributed by atoms with Crippen LogP contribution in [0.4, 0.5) is 4.79 Å². The molecule has 5 heteroatoms. The van der Waals surface area contributed by atoms with Gasteiger partial charge in [0.2, 0.25) is 0 Å². The molecule has 0 heterocycles. The molecular weight excluding hydrogens is 268 g/mol. The Bertz CT molecular complexity index is 349. The summed E-state index contributed by atoms with van der Waals surface area (Å²) in [5.41, 5.74) is -0.0598. The highest BCUT2D eigenvalue weighted by atomic mass is 16.4. The van der Waals surface area contributed by atoms with Crippen molar-refractivity contribution in [2.45, 2.75) is 58.8 Å². The van der Waals surface area contributed by atoms with E-state index in [-0.39, 0.29) is 17.9 Å². The molecule has 5 nitrogen and oxygen atoms in total. The Hall–Kier alpha value is -1.26. The van der Waals surface area contributed by atoms with E-state index in [4.69, 9.17) is 5.11 Å². The molecule has 0 aromatic heterocycles. The second-order valence-corrected chi connectivity index (χ2v) is 7.07. The average molecular weight is 298 g/mol. The van der Waals surface area contributed by atoms with Crippen molar-refractivity contribution >= 4 is 12.0 Å². The van der Waals surface area contributed by atoms with Crippen molar-refractivity contribution in [3.05, 3.63) is 0 Å². The maximum absolute atomic E-state index is 12.0. The predicted octanol–water partition coefficient (Wildman–Crippen LogP) is 3.10. The minimum atomic E-state index is -0.761. The zero-order valence-corrected chi connectivity index (χ0v) is 13.7. The third-order valence-corrected chi connectivity index (χ3v) is 4.45. The van der Waals surface area contributed by atoms with Crippen LogP contribution in [0.2, 0.25) is 0 Å². The molecule has 1 fully saturated rings. The number of amides is 2. The highest BCUT2D eigenvalue weighted by molar-refractivity contribution is 5.73. The fourth-order valence-corrected chi connectivity index (χ4v) is 2.88. The smallest absolute Gasteiger partial charge is 0.317 e. The van der Waals surface area contributed by atoms with E-state index < -0.39 is 5.97 Å². The van der Waals surface area contributed by atoms with Gasteiger partial charge in [-0.3, -0.25) is 4.79 Å². The number of nitrogens with zero attached hydrogens (tertiary/aromatic N) is 1. The summed E-state index contributed by atoms with van der Waals surface area (Å²) in [6, 6.07) is -0.0177. The van der Waals surface area contributed by atoms with Crippen molar-refractivity contribution < 1.29 is 14.7 Å². The lowest BCUT2D eigenvalue weighted by Gasteiger charge is -2.25. The molecule has 21 heavy (non-hydrogen) atoms. The van der Waals surface area contributed by atoms with Gasteiger partial charge in [0.25, 0.3) is 0 Å². The molecule has 0 saturated heterocycles. The Balaban J connectivity index is 2.20. The first-order valence-electron chi connectivity index (χ1n) is 8.01. The normalized spacial score (nSPS) is 16.0. The zero-order chi connectivity index (χ0) is 15.9. The molecule has 122 valence electrons. The van der Waals surface area contributed by atoms with Crippen LogP contribution in [0.5, 0.6) is 0 Å². The molecule has 0 aromatic rings. The molecule has 0 atom stereocenters. The summed E-state index contributed by atoms with van der Waals surface area (Å²) >= 11 is 0. The second-order valence-electron chi connectivity index (χ2n) is 7.07. The fraction of sp³-hybridized carbons (Fsp3) is 0.875. The molecule has 1 aliphatic carbocycles. The second kappa shape index (κ2) is 8.25. The summed E-state index contributed by atoms with van der Waals surface area (Å²) in [7, 11) is 1.85. The zero-order valence-electron chi connectivity index (χ0n) is 13.7. The van der Waals surface area contributed by atoms with Gasteiger partial charge in [0, 0.05) is 26.6 Å². The van der Waals surface area contributed by atoms with Gasteiger partial charge in [-0.05, 0) is 37.0 Å². The van der Waals surface area contributed by atoms with Gasteiger partial charge in [0.1, 0.15) is 0 Å². The molecule has 2 amide bonds. The average Bonchev–Trinajstić information content (AvgIpc) is 2.89. The first-order valence-corrected chi connectivity index (χ1v) is 8.01. The molecule has 0 unspecified atom stereocenters. The van der Waals surface area contributed by atoms with Crippen LogP contribution in [0.25, 0.3) is 0 Å². The van der Waals surface area contributed by atoms with Crippen LogP contribution in [0.15, 0.2) is 0 Å². The summed E-state index contributed by atoms with van der Waals surface area (Å²) in [4.78, 5) is 24.4. The van der Waals surface area contributed by atoms with Crippen LogP contribution in [0.3, 0.4) is 0 Å². The molecule has 0 aromatic carbocycles. The van der Waals surface area contributed by atoms with Crippen LogP contribution in [-0.4, -0.2) is 42.1 Å². The van der Waals surface area contributed by atoms with Gasteiger partial charge in [-0.2, -0.15) is 0 Å².